The molecule has 11 heavy (non-hydrogen) atoms. The van der Waals surface area contributed by atoms with E-state index in [0.29, 0.717) is 5.56 Å². The van der Waals surface area contributed by atoms with Crippen molar-refractivity contribution in [3.63, 3.8) is 0 Å². The first-order chi connectivity index (χ1) is 5.15. The molecule has 1 aromatic rings. The standard InChI is InChI=1S/C8H6Br2O/c1-5-2-8(10)6(4-11)3-7(5)9/h2-4H,1H3. The highest BCUT2D eigenvalue weighted by atomic mass is 79.9. The van der Waals surface area contributed by atoms with Crippen LogP contribution in [0.5, 0.6) is 0 Å². The van der Waals surface area contributed by atoms with Crippen molar-refractivity contribution < 1.29 is 4.79 Å². The first-order valence-corrected chi connectivity index (χ1v) is 4.64. The van der Waals surface area contributed by atoms with Crippen LogP contribution in [-0.4, -0.2) is 6.29 Å². The van der Waals surface area contributed by atoms with Gasteiger partial charge in [0.2, 0.25) is 0 Å². The number of carbonyl (C=O) groups is 1. The van der Waals surface area contributed by atoms with E-state index in [4.69, 9.17) is 0 Å². The van der Waals surface area contributed by atoms with Gasteiger partial charge in [-0.1, -0.05) is 31.9 Å². The lowest BCUT2D eigenvalue weighted by Crippen LogP contribution is -1.84. The van der Waals surface area contributed by atoms with E-state index in [1.165, 1.54) is 0 Å². The van der Waals surface area contributed by atoms with Gasteiger partial charge in [-0.05, 0) is 24.6 Å². The monoisotopic (exact) mass is 276 g/mol. The minimum atomic E-state index is 0.669. The molecule has 1 rings (SSSR count). The average Bonchev–Trinajstić information content (AvgIpc) is 1.97. The lowest BCUT2D eigenvalue weighted by Gasteiger charge is -2.00. The van der Waals surface area contributed by atoms with Crippen LogP contribution >= 0.6 is 31.9 Å². The number of rotatable bonds is 1. The number of aldehydes is 1. The Labute approximate surface area is 82.1 Å². The zero-order chi connectivity index (χ0) is 8.43. The predicted octanol–water partition coefficient (Wildman–Crippen LogP) is 3.33. The van der Waals surface area contributed by atoms with Gasteiger partial charge in [0, 0.05) is 14.5 Å². The number of hydrogen-bond acceptors (Lipinski definition) is 1. The van der Waals surface area contributed by atoms with Crippen LogP contribution < -0.4 is 0 Å². The number of halogens is 2. The van der Waals surface area contributed by atoms with E-state index in [1.807, 2.05) is 13.0 Å². The number of hydrogen-bond donors (Lipinski definition) is 0. The van der Waals surface area contributed by atoms with Gasteiger partial charge in [0.1, 0.15) is 0 Å². The summed E-state index contributed by atoms with van der Waals surface area (Å²) in [5.41, 5.74) is 1.78. The molecular formula is C8H6Br2O. The van der Waals surface area contributed by atoms with Gasteiger partial charge in [-0.3, -0.25) is 4.79 Å². The molecular weight excluding hydrogens is 272 g/mol. The SMILES string of the molecule is Cc1cc(Br)c(C=O)cc1Br. The van der Waals surface area contributed by atoms with Gasteiger partial charge in [-0.25, -0.2) is 0 Å². The Morgan fingerprint density at radius 3 is 2.45 bits per heavy atom. The zero-order valence-electron chi connectivity index (χ0n) is 5.90. The molecule has 0 aromatic heterocycles. The highest BCUT2D eigenvalue weighted by molar-refractivity contribution is 9.11. The van der Waals surface area contributed by atoms with Gasteiger partial charge >= 0.3 is 0 Å². The van der Waals surface area contributed by atoms with E-state index >= 15 is 0 Å². The van der Waals surface area contributed by atoms with Crippen molar-refractivity contribution in [2.45, 2.75) is 6.92 Å². The summed E-state index contributed by atoms with van der Waals surface area (Å²) in [6.07, 6.45) is 0.828. The quantitative estimate of drug-likeness (QED) is 0.720. The average molecular weight is 278 g/mol. The van der Waals surface area contributed by atoms with Crippen LogP contribution in [0.25, 0.3) is 0 Å². The molecule has 0 aliphatic heterocycles. The molecule has 3 heteroatoms. The number of aryl methyl sites for hydroxylation is 1. The summed E-state index contributed by atoms with van der Waals surface area (Å²) in [4.78, 5) is 10.4. The second-order valence-corrected chi connectivity index (χ2v) is 3.95. The van der Waals surface area contributed by atoms with Crippen LogP contribution in [0.4, 0.5) is 0 Å². The van der Waals surface area contributed by atoms with E-state index in [0.717, 1.165) is 20.8 Å². The molecule has 0 heterocycles. The topological polar surface area (TPSA) is 17.1 Å². The zero-order valence-corrected chi connectivity index (χ0v) is 9.07. The molecule has 0 aliphatic rings. The largest absolute Gasteiger partial charge is 0.298 e. The Morgan fingerprint density at radius 2 is 1.91 bits per heavy atom. The number of carbonyl (C=O) groups excluding carboxylic acids is 1. The van der Waals surface area contributed by atoms with Crippen molar-refractivity contribution in [1.82, 2.24) is 0 Å². The summed E-state index contributed by atoms with van der Waals surface area (Å²) in [5, 5.41) is 0. The van der Waals surface area contributed by atoms with Crippen LogP contribution in [0.3, 0.4) is 0 Å². The van der Waals surface area contributed by atoms with Crippen LogP contribution in [0.2, 0.25) is 0 Å². The summed E-state index contributed by atoms with van der Waals surface area (Å²) >= 11 is 6.63. The summed E-state index contributed by atoms with van der Waals surface area (Å²) in [6, 6.07) is 3.71. The molecule has 0 N–H and O–H groups in total. The molecule has 0 saturated heterocycles. The molecule has 0 bridgehead atoms. The van der Waals surface area contributed by atoms with Gasteiger partial charge in [0.25, 0.3) is 0 Å². The van der Waals surface area contributed by atoms with E-state index in [2.05, 4.69) is 31.9 Å². The first-order valence-electron chi connectivity index (χ1n) is 3.06. The lowest BCUT2D eigenvalue weighted by atomic mass is 10.2. The summed E-state index contributed by atoms with van der Waals surface area (Å²) in [5.74, 6) is 0. The Morgan fingerprint density at radius 1 is 1.27 bits per heavy atom. The van der Waals surface area contributed by atoms with E-state index in [1.54, 1.807) is 6.07 Å². The van der Waals surface area contributed by atoms with E-state index in [-0.39, 0.29) is 0 Å². The van der Waals surface area contributed by atoms with E-state index < -0.39 is 0 Å². The first kappa shape index (κ1) is 8.94. The summed E-state index contributed by atoms with van der Waals surface area (Å²) < 4.78 is 1.80. The number of benzene rings is 1. The Hall–Kier alpha value is -0.150. The summed E-state index contributed by atoms with van der Waals surface area (Å²) in [7, 11) is 0. The van der Waals surface area contributed by atoms with E-state index in [9.17, 15) is 4.79 Å². The molecule has 0 aliphatic carbocycles. The van der Waals surface area contributed by atoms with Crippen LogP contribution in [0.1, 0.15) is 15.9 Å². The smallest absolute Gasteiger partial charge is 0.151 e. The van der Waals surface area contributed by atoms with Crippen molar-refractivity contribution in [2.75, 3.05) is 0 Å². The highest BCUT2D eigenvalue weighted by Gasteiger charge is 2.01. The second kappa shape index (κ2) is 3.50. The van der Waals surface area contributed by atoms with Gasteiger partial charge in [0.15, 0.2) is 6.29 Å². The highest BCUT2D eigenvalue weighted by Crippen LogP contribution is 2.23. The molecule has 1 nitrogen and oxygen atoms in total. The molecule has 0 fully saturated rings. The van der Waals surface area contributed by atoms with Crippen LogP contribution in [-0.2, 0) is 0 Å². The third-order valence-corrected chi connectivity index (χ3v) is 2.95. The second-order valence-electron chi connectivity index (χ2n) is 2.24. The molecule has 58 valence electrons. The fraction of sp³-hybridized carbons (Fsp3) is 0.125. The Kier molecular flexibility index (Phi) is 2.84. The molecule has 1 aromatic carbocycles. The maximum atomic E-state index is 10.4. The van der Waals surface area contributed by atoms with Crippen molar-refractivity contribution in [1.29, 1.82) is 0 Å². The maximum absolute atomic E-state index is 10.4. The maximum Gasteiger partial charge on any atom is 0.151 e. The van der Waals surface area contributed by atoms with Gasteiger partial charge < -0.3 is 0 Å². The molecule has 0 saturated carbocycles. The Bertz CT molecular complexity index is 294. The summed E-state index contributed by atoms with van der Waals surface area (Å²) in [6.45, 7) is 1.98. The fourth-order valence-corrected chi connectivity index (χ4v) is 1.66. The molecule has 0 atom stereocenters. The van der Waals surface area contributed by atoms with Crippen LogP contribution in [0, 0.1) is 6.92 Å². The predicted molar refractivity (Wildman–Crippen MR) is 52.0 cm³/mol. The normalized spacial score (nSPS) is 9.73. The van der Waals surface area contributed by atoms with Gasteiger partial charge in [-0.2, -0.15) is 0 Å². The Balaban J connectivity index is 3.31. The van der Waals surface area contributed by atoms with Gasteiger partial charge in [0.05, 0.1) is 0 Å². The third kappa shape index (κ3) is 1.91. The van der Waals surface area contributed by atoms with Crippen LogP contribution in [0.15, 0.2) is 21.1 Å². The minimum absolute atomic E-state index is 0.669. The van der Waals surface area contributed by atoms with Gasteiger partial charge in [-0.15, -0.1) is 0 Å². The molecule has 0 spiro atoms. The van der Waals surface area contributed by atoms with Crippen molar-refractivity contribution in [2.24, 2.45) is 0 Å². The fourth-order valence-electron chi connectivity index (χ4n) is 0.752. The minimum Gasteiger partial charge on any atom is -0.298 e. The molecule has 0 amide bonds. The molecule has 0 unspecified atom stereocenters. The lowest BCUT2D eigenvalue weighted by molar-refractivity contribution is 0.112. The van der Waals surface area contributed by atoms with Crippen molar-refractivity contribution in [3.05, 3.63) is 32.2 Å². The van der Waals surface area contributed by atoms with Crippen molar-refractivity contribution in [3.8, 4) is 0 Å². The van der Waals surface area contributed by atoms with Crippen molar-refractivity contribution >= 4 is 38.1 Å². The molecule has 0 radical (unpaired) electrons. The third-order valence-electron chi connectivity index (χ3n) is 1.40.